The summed E-state index contributed by atoms with van der Waals surface area (Å²) in [5.74, 6) is 1.73. The first-order chi connectivity index (χ1) is 10.3. The maximum atomic E-state index is 4.56. The molecule has 1 heterocycles. The molecule has 0 atom stereocenters. The van der Waals surface area contributed by atoms with Crippen LogP contribution in [-0.4, -0.2) is 16.5 Å². The van der Waals surface area contributed by atoms with Gasteiger partial charge in [-0.1, -0.05) is 31.5 Å². The van der Waals surface area contributed by atoms with Crippen LogP contribution in [0.3, 0.4) is 0 Å². The van der Waals surface area contributed by atoms with Crippen molar-refractivity contribution in [2.75, 3.05) is 11.9 Å². The van der Waals surface area contributed by atoms with E-state index in [-0.39, 0.29) is 0 Å². The second kappa shape index (κ2) is 6.25. The van der Waals surface area contributed by atoms with E-state index in [1.807, 2.05) is 0 Å². The summed E-state index contributed by atoms with van der Waals surface area (Å²) in [6.07, 6.45) is 6.63. The van der Waals surface area contributed by atoms with Crippen molar-refractivity contribution in [3.05, 3.63) is 41.7 Å². The predicted molar refractivity (Wildman–Crippen MR) is 87.6 cm³/mol. The summed E-state index contributed by atoms with van der Waals surface area (Å²) >= 11 is 0. The lowest BCUT2D eigenvalue weighted by atomic mass is 9.79. The Labute approximate surface area is 126 Å². The molecule has 0 amide bonds. The molecule has 3 heteroatoms. The van der Waals surface area contributed by atoms with Crippen molar-refractivity contribution in [2.24, 2.45) is 0 Å². The fourth-order valence-corrected chi connectivity index (χ4v) is 3.00. The molecular formula is C18H23N3. The van der Waals surface area contributed by atoms with Crippen LogP contribution in [0.15, 0.2) is 30.6 Å². The van der Waals surface area contributed by atoms with Crippen LogP contribution in [0.25, 0.3) is 11.3 Å². The molecule has 1 aliphatic rings. The van der Waals surface area contributed by atoms with Gasteiger partial charge in [0.2, 0.25) is 0 Å². The van der Waals surface area contributed by atoms with E-state index in [1.54, 1.807) is 6.33 Å². The minimum Gasteiger partial charge on any atom is -0.370 e. The molecule has 0 unspecified atom stereocenters. The van der Waals surface area contributed by atoms with Crippen molar-refractivity contribution < 1.29 is 0 Å². The maximum absolute atomic E-state index is 4.56. The Morgan fingerprint density at radius 2 is 2.05 bits per heavy atom. The molecule has 2 aromatic rings. The van der Waals surface area contributed by atoms with Gasteiger partial charge in [-0.3, -0.25) is 0 Å². The minimum atomic E-state index is 0.755. The number of hydrogen-bond donors (Lipinski definition) is 1. The zero-order chi connectivity index (χ0) is 14.7. The first-order valence-electron chi connectivity index (χ1n) is 8.01. The highest BCUT2D eigenvalue weighted by atomic mass is 15.0. The Kier molecular flexibility index (Phi) is 4.18. The summed E-state index contributed by atoms with van der Waals surface area (Å²) in [5.41, 5.74) is 4.97. The number of hydrogen-bond acceptors (Lipinski definition) is 3. The largest absolute Gasteiger partial charge is 0.370 e. The monoisotopic (exact) mass is 281 g/mol. The lowest BCUT2D eigenvalue weighted by Crippen LogP contribution is -2.09. The van der Waals surface area contributed by atoms with E-state index >= 15 is 0 Å². The van der Waals surface area contributed by atoms with Crippen LogP contribution in [0.1, 0.15) is 50.2 Å². The zero-order valence-electron chi connectivity index (χ0n) is 12.9. The van der Waals surface area contributed by atoms with Gasteiger partial charge in [-0.15, -0.1) is 0 Å². The van der Waals surface area contributed by atoms with Crippen molar-refractivity contribution in [3.8, 4) is 11.3 Å². The summed E-state index contributed by atoms with van der Waals surface area (Å²) in [6, 6.07) is 8.91. The molecule has 0 radical (unpaired) electrons. The van der Waals surface area contributed by atoms with Gasteiger partial charge in [0, 0.05) is 17.7 Å². The van der Waals surface area contributed by atoms with E-state index in [9.17, 15) is 0 Å². The molecule has 0 bridgehead atoms. The van der Waals surface area contributed by atoms with Crippen LogP contribution >= 0.6 is 0 Å². The molecule has 1 aromatic carbocycles. The normalized spacial score (nSPS) is 14.8. The number of aromatic nitrogens is 2. The van der Waals surface area contributed by atoms with Crippen LogP contribution in [-0.2, 0) is 6.42 Å². The lowest BCUT2D eigenvalue weighted by molar-refractivity contribution is 0.420. The second-order valence-electron chi connectivity index (χ2n) is 5.69. The predicted octanol–water partition coefficient (Wildman–Crippen LogP) is 4.41. The van der Waals surface area contributed by atoms with Gasteiger partial charge in [0.25, 0.3) is 0 Å². The molecule has 1 saturated carbocycles. The summed E-state index contributed by atoms with van der Waals surface area (Å²) in [7, 11) is 0. The second-order valence-corrected chi connectivity index (χ2v) is 5.69. The summed E-state index contributed by atoms with van der Waals surface area (Å²) in [6.45, 7) is 5.14. The number of nitrogens with zero attached hydrogens (tertiary/aromatic N) is 2. The van der Waals surface area contributed by atoms with Gasteiger partial charge in [-0.25, -0.2) is 9.97 Å². The Bertz CT molecular complexity index is 618. The van der Waals surface area contributed by atoms with E-state index in [4.69, 9.17) is 0 Å². The zero-order valence-corrected chi connectivity index (χ0v) is 12.9. The van der Waals surface area contributed by atoms with E-state index in [0.717, 1.165) is 30.4 Å². The Hall–Kier alpha value is -1.90. The number of benzene rings is 1. The van der Waals surface area contributed by atoms with E-state index in [1.165, 1.54) is 36.0 Å². The van der Waals surface area contributed by atoms with Crippen LogP contribution in [0.2, 0.25) is 0 Å². The molecule has 0 spiro atoms. The number of rotatable bonds is 5. The standard InChI is InChI=1S/C18H23N3/c1-3-16-17(20-12-21-18(16)19-4-2)15-10-6-9-14(11-15)13-7-5-8-13/h6,9-13H,3-5,7-8H2,1-2H3,(H,19,20,21). The van der Waals surface area contributed by atoms with Crippen LogP contribution in [0.5, 0.6) is 0 Å². The molecule has 21 heavy (non-hydrogen) atoms. The van der Waals surface area contributed by atoms with Gasteiger partial charge in [-0.2, -0.15) is 0 Å². The van der Waals surface area contributed by atoms with E-state index < -0.39 is 0 Å². The fraction of sp³-hybridized carbons (Fsp3) is 0.444. The van der Waals surface area contributed by atoms with Crippen molar-refractivity contribution in [1.29, 1.82) is 0 Å². The molecule has 1 fully saturated rings. The van der Waals surface area contributed by atoms with Gasteiger partial charge in [0.1, 0.15) is 12.1 Å². The summed E-state index contributed by atoms with van der Waals surface area (Å²) in [5, 5.41) is 3.35. The van der Waals surface area contributed by atoms with Gasteiger partial charge in [0.15, 0.2) is 0 Å². The quantitative estimate of drug-likeness (QED) is 0.882. The van der Waals surface area contributed by atoms with Crippen LogP contribution in [0.4, 0.5) is 5.82 Å². The molecule has 1 aliphatic carbocycles. The first kappa shape index (κ1) is 14.1. The smallest absolute Gasteiger partial charge is 0.133 e. The fourth-order valence-electron chi connectivity index (χ4n) is 3.00. The van der Waals surface area contributed by atoms with E-state index in [0.29, 0.717) is 0 Å². The average molecular weight is 281 g/mol. The molecule has 3 nitrogen and oxygen atoms in total. The number of anilines is 1. The topological polar surface area (TPSA) is 37.8 Å². The van der Waals surface area contributed by atoms with Crippen molar-refractivity contribution in [2.45, 2.75) is 45.4 Å². The van der Waals surface area contributed by atoms with Crippen molar-refractivity contribution >= 4 is 5.82 Å². The highest BCUT2D eigenvalue weighted by molar-refractivity contribution is 5.69. The van der Waals surface area contributed by atoms with Crippen molar-refractivity contribution in [1.82, 2.24) is 9.97 Å². The molecular weight excluding hydrogens is 258 g/mol. The molecule has 0 aliphatic heterocycles. The molecule has 3 rings (SSSR count). The molecule has 1 aromatic heterocycles. The van der Waals surface area contributed by atoms with E-state index in [2.05, 4.69) is 53.4 Å². The highest BCUT2D eigenvalue weighted by Crippen LogP contribution is 2.38. The average Bonchev–Trinajstić information content (AvgIpc) is 2.46. The van der Waals surface area contributed by atoms with Gasteiger partial charge < -0.3 is 5.32 Å². The van der Waals surface area contributed by atoms with Gasteiger partial charge in [0.05, 0.1) is 5.69 Å². The lowest BCUT2D eigenvalue weighted by Gasteiger charge is -2.26. The summed E-state index contributed by atoms with van der Waals surface area (Å²) in [4.78, 5) is 8.94. The molecule has 0 saturated heterocycles. The molecule has 1 N–H and O–H groups in total. The minimum absolute atomic E-state index is 0.755. The van der Waals surface area contributed by atoms with Gasteiger partial charge >= 0.3 is 0 Å². The van der Waals surface area contributed by atoms with Gasteiger partial charge in [-0.05, 0) is 43.7 Å². The Morgan fingerprint density at radius 1 is 1.19 bits per heavy atom. The highest BCUT2D eigenvalue weighted by Gasteiger charge is 2.20. The third kappa shape index (κ3) is 2.78. The van der Waals surface area contributed by atoms with Crippen LogP contribution < -0.4 is 5.32 Å². The third-order valence-corrected chi connectivity index (χ3v) is 4.38. The maximum Gasteiger partial charge on any atom is 0.133 e. The molecule has 110 valence electrons. The SMILES string of the molecule is CCNc1ncnc(-c2cccc(C3CCC3)c2)c1CC. The Balaban J connectivity index is 2.01. The Morgan fingerprint density at radius 3 is 2.71 bits per heavy atom. The summed E-state index contributed by atoms with van der Waals surface area (Å²) < 4.78 is 0. The third-order valence-electron chi connectivity index (χ3n) is 4.38. The van der Waals surface area contributed by atoms with Crippen molar-refractivity contribution in [3.63, 3.8) is 0 Å². The van der Waals surface area contributed by atoms with Crippen LogP contribution in [0, 0.1) is 0 Å². The first-order valence-corrected chi connectivity index (χ1v) is 8.01. The number of nitrogens with one attached hydrogen (secondary N) is 1.